The Morgan fingerprint density at radius 3 is 2.79 bits per heavy atom. The van der Waals surface area contributed by atoms with E-state index in [1.807, 2.05) is 29.2 Å². The van der Waals surface area contributed by atoms with Gasteiger partial charge in [-0.05, 0) is 41.0 Å². The lowest BCUT2D eigenvalue weighted by molar-refractivity contribution is 0.506. The number of hydrogen-bond donors (Lipinski definition) is 1. The minimum atomic E-state index is 0.0275. The molecule has 0 saturated heterocycles. The summed E-state index contributed by atoms with van der Waals surface area (Å²) < 4.78 is 2.92. The molecule has 0 radical (unpaired) electrons. The van der Waals surface area contributed by atoms with Crippen molar-refractivity contribution in [3.63, 3.8) is 0 Å². The largest absolute Gasteiger partial charge is 0.304 e. The second-order valence-corrected chi connectivity index (χ2v) is 5.19. The van der Waals surface area contributed by atoms with Crippen molar-refractivity contribution in [1.82, 2.24) is 25.3 Å². The van der Waals surface area contributed by atoms with Crippen LogP contribution < -0.4 is 5.32 Å². The van der Waals surface area contributed by atoms with Crippen molar-refractivity contribution in [1.29, 1.82) is 0 Å². The van der Waals surface area contributed by atoms with Crippen molar-refractivity contribution in [2.24, 2.45) is 0 Å². The molecule has 0 amide bonds. The van der Waals surface area contributed by atoms with E-state index >= 15 is 0 Å². The summed E-state index contributed by atoms with van der Waals surface area (Å²) in [4.78, 5) is 4.48. The zero-order valence-electron chi connectivity index (χ0n) is 11.2. The fourth-order valence-electron chi connectivity index (χ4n) is 2.00. The number of pyridine rings is 1. The molecule has 1 atom stereocenters. The Kier molecular flexibility index (Phi) is 5.04. The van der Waals surface area contributed by atoms with Crippen LogP contribution in [0.2, 0.25) is 0 Å². The molecular formula is C13H18BrN5. The summed E-state index contributed by atoms with van der Waals surface area (Å²) in [6.45, 7) is 5.94. The van der Waals surface area contributed by atoms with Crippen LogP contribution in [-0.2, 0) is 6.54 Å². The molecule has 0 aliphatic rings. The average Bonchev–Trinajstić information content (AvgIpc) is 2.86. The highest BCUT2D eigenvalue weighted by Crippen LogP contribution is 2.21. The minimum Gasteiger partial charge on any atom is -0.304 e. The van der Waals surface area contributed by atoms with Crippen molar-refractivity contribution in [3.05, 3.63) is 40.4 Å². The topological polar surface area (TPSA) is 55.6 Å². The number of nitrogens with zero attached hydrogens (tertiary/aromatic N) is 4. The smallest absolute Gasteiger partial charge is 0.0938 e. The third-order valence-electron chi connectivity index (χ3n) is 2.83. The van der Waals surface area contributed by atoms with Gasteiger partial charge in [-0.3, -0.25) is 4.98 Å². The summed E-state index contributed by atoms with van der Waals surface area (Å²) in [5.41, 5.74) is 2.03. The molecule has 2 heterocycles. The Hall–Kier alpha value is -1.27. The van der Waals surface area contributed by atoms with Gasteiger partial charge in [0.25, 0.3) is 0 Å². The fraction of sp³-hybridized carbons (Fsp3) is 0.462. The predicted octanol–water partition coefficient (Wildman–Crippen LogP) is 2.54. The summed E-state index contributed by atoms with van der Waals surface area (Å²) >= 11 is 3.41. The molecule has 0 saturated carbocycles. The molecule has 6 heteroatoms. The van der Waals surface area contributed by atoms with E-state index < -0.39 is 0 Å². The molecule has 5 nitrogen and oxygen atoms in total. The molecule has 2 aromatic heterocycles. The summed E-state index contributed by atoms with van der Waals surface area (Å²) in [6.07, 6.45) is 4.66. The molecule has 2 aromatic rings. The Labute approximate surface area is 121 Å². The Balaban J connectivity index is 2.33. The molecule has 0 bridgehead atoms. The number of nitrogens with one attached hydrogen (secondary N) is 1. The van der Waals surface area contributed by atoms with Gasteiger partial charge >= 0.3 is 0 Å². The van der Waals surface area contributed by atoms with Crippen molar-refractivity contribution in [3.8, 4) is 0 Å². The van der Waals surface area contributed by atoms with Gasteiger partial charge in [-0.1, -0.05) is 19.1 Å². The summed E-state index contributed by atoms with van der Waals surface area (Å²) in [5, 5.41) is 11.6. The zero-order chi connectivity index (χ0) is 13.7. The molecule has 102 valence electrons. The van der Waals surface area contributed by atoms with Crippen LogP contribution in [0.1, 0.15) is 37.7 Å². The summed E-state index contributed by atoms with van der Waals surface area (Å²) in [7, 11) is 0. The quantitative estimate of drug-likeness (QED) is 0.887. The van der Waals surface area contributed by atoms with Gasteiger partial charge in [0.15, 0.2) is 0 Å². The van der Waals surface area contributed by atoms with Gasteiger partial charge in [-0.15, -0.1) is 5.10 Å². The molecule has 0 aliphatic carbocycles. The van der Waals surface area contributed by atoms with Crippen molar-refractivity contribution in [2.75, 3.05) is 6.54 Å². The van der Waals surface area contributed by atoms with E-state index in [4.69, 9.17) is 0 Å². The summed E-state index contributed by atoms with van der Waals surface area (Å²) in [6, 6.07) is 4.04. The van der Waals surface area contributed by atoms with E-state index in [0.29, 0.717) is 0 Å². The highest BCUT2D eigenvalue weighted by Gasteiger charge is 2.19. The molecule has 19 heavy (non-hydrogen) atoms. The molecular weight excluding hydrogens is 306 g/mol. The monoisotopic (exact) mass is 323 g/mol. The first-order valence-electron chi connectivity index (χ1n) is 6.49. The van der Waals surface area contributed by atoms with Crippen LogP contribution in [0, 0.1) is 0 Å². The second-order valence-electron chi connectivity index (χ2n) is 4.27. The number of hydrogen-bond acceptors (Lipinski definition) is 4. The maximum absolute atomic E-state index is 4.48. The number of aryl methyl sites for hydroxylation is 1. The summed E-state index contributed by atoms with van der Waals surface area (Å²) in [5.74, 6) is 0. The van der Waals surface area contributed by atoms with Crippen molar-refractivity contribution >= 4 is 15.9 Å². The van der Waals surface area contributed by atoms with Crippen LogP contribution in [0.4, 0.5) is 0 Å². The van der Waals surface area contributed by atoms with E-state index in [1.165, 1.54) is 0 Å². The van der Waals surface area contributed by atoms with Crippen LogP contribution >= 0.6 is 15.9 Å². The highest BCUT2D eigenvalue weighted by molar-refractivity contribution is 9.10. The average molecular weight is 324 g/mol. The van der Waals surface area contributed by atoms with Gasteiger partial charge < -0.3 is 5.32 Å². The molecule has 1 unspecified atom stereocenters. The third kappa shape index (κ3) is 3.39. The fourth-order valence-corrected chi connectivity index (χ4v) is 2.23. The lowest BCUT2D eigenvalue weighted by atomic mass is 10.1. The molecule has 0 fully saturated rings. The van der Waals surface area contributed by atoms with E-state index in [1.54, 1.807) is 0 Å². The predicted molar refractivity (Wildman–Crippen MR) is 77.8 cm³/mol. The molecule has 2 rings (SSSR count). The molecule has 0 aliphatic heterocycles. The molecule has 0 spiro atoms. The Morgan fingerprint density at radius 2 is 2.16 bits per heavy atom. The SMILES string of the molecule is CCCn1nncc1C(NCC)c1ccc(Br)cn1. The van der Waals surface area contributed by atoms with Crippen molar-refractivity contribution < 1.29 is 0 Å². The lowest BCUT2D eigenvalue weighted by Crippen LogP contribution is -2.25. The third-order valence-corrected chi connectivity index (χ3v) is 3.30. The first-order valence-corrected chi connectivity index (χ1v) is 7.28. The highest BCUT2D eigenvalue weighted by atomic mass is 79.9. The number of rotatable bonds is 6. The minimum absolute atomic E-state index is 0.0275. The van der Waals surface area contributed by atoms with Crippen LogP contribution in [0.5, 0.6) is 0 Å². The Morgan fingerprint density at radius 1 is 1.32 bits per heavy atom. The standard InChI is InChI=1S/C13H18BrN5/c1-3-7-19-12(9-17-18-19)13(15-4-2)11-6-5-10(14)8-16-11/h5-6,8-9,13,15H,3-4,7H2,1-2H3. The van der Waals surface area contributed by atoms with E-state index in [0.717, 1.165) is 35.4 Å². The van der Waals surface area contributed by atoms with Gasteiger partial charge in [0.1, 0.15) is 0 Å². The molecule has 1 N–H and O–H groups in total. The van der Waals surface area contributed by atoms with Crippen LogP contribution in [0.15, 0.2) is 29.0 Å². The maximum Gasteiger partial charge on any atom is 0.0938 e. The van der Waals surface area contributed by atoms with E-state index in [9.17, 15) is 0 Å². The zero-order valence-corrected chi connectivity index (χ0v) is 12.8. The maximum atomic E-state index is 4.48. The number of aromatic nitrogens is 4. The number of halogens is 1. The van der Waals surface area contributed by atoms with Crippen LogP contribution in [-0.4, -0.2) is 26.5 Å². The van der Waals surface area contributed by atoms with Crippen molar-refractivity contribution in [2.45, 2.75) is 32.9 Å². The van der Waals surface area contributed by atoms with Gasteiger partial charge in [0, 0.05) is 17.2 Å². The van der Waals surface area contributed by atoms with Gasteiger partial charge in [0.2, 0.25) is 0 Å². The molecule has 0 aromatic carbocycles. The Bertz CT molecular complexity index is 508. The van der Waals surface area contributed by atoms with E-state index in [-0.39, 0.29) is 6.04 Å². The van der Waals surface area contributed by atoms with Crippen LogP contribution in [0.25, 0.3) is 0 Å². The van der Waals surface area contributed by atoms with Gasteiger partial charge in [-0.25, -0.2) is 4.68 Å². The van der Waals surface area contributed by atoms with Gasteiger partial charge in [-0.2, -0.15) is 0 Å². The van der Waals surface area contributed by atoms with Gasteiger partial charge in [0.05, 0.1) is 23.6 Å². The first-order chi connectivity index (χ1) is 9.26. The first kappa shape index (κ1) is 14.1. The second kappa shape index (κ2) is 6.77. The van der Waals surface area contributed by atoms with Crippen LogP contribution in [0.3, 0.4) is 0 Å². The normalized spacial score (nSPS) is 12.6. The lowest BCUT2D eigenvalue weighted by Gasteiger charge is -2.18. The van der Waals surface area contributed by atoms with E-state index in [2.05, 4.69) is 50.4 Å².